The Morgan fingerprint density at radius 3 is 2.07 bits per heavy atom. The van der Waals surface area contributed by atoms with Gasteiger partial charge in [0.15, 0.2) is 0 Å². The third-order valence-corrected chi connectivity index (χ3v) is 5.75. The Bertz CT molecular complexity index is 722. The van der Waals surface area contributed by atoms with Crippen molar-refractivity contribution in [1.82, 2.24) is 14.7 Å². The first-order chi connectivity index (χ1) is 13.3. The van der Waals surface area contributed by atoms with E-state index in [1.807, 2.05) is 36.2 Å². The van der Waals surface area contributed by atoms with Crippen molar-refractivity contribution in [2.75, 3.05) is 25.5 Å². The van der Waals surface area contributed by atoms with Crippen molar-refractivity contribution in [3.8, 4) is 0 Å². The van der Waals surface area contributed by atoms with E-state index in [4.69, 9.17) is 0 Å². The molecule has 2 aliphatic rings. The summed E-state index contributed by atoms with van der Waals surface area (Å²) in [6, 6.07) is 8.17. The molecule has 4 amide bonds. The van der Waals surface area contributed by atoms with Crippen LogP contribution in [-0.2, 0) is 16.1 Å². The number of urea groups is 1. The van der Waals surface area contributed by atoms with Crippen LogP contribution in [0.25, 0.3) is 0 Å². The number of carbonyl (C=O) groups excluding carboxylic acids is 3. The minimum Gasteiger partial charge on any atom is -0.343 e. The van der Waals surface area contributed by atoms with Gasteiger partial charge in [-0.25, -0.2) is 4.79 Å². The highest BCUT2D eigenvalue weighted by Crippen LogP contribution is 2.28. The van der Waals surface area contributed by atoms with Crippen molar-refractivity contribution in [2.45, 2.75) is 58.2 Å². The van der Waals surface area contributed by atoms with Gasteiger partial charge in [-0.2, -0.15) is 0 Å². The number of amides is 4. The molecule has 1 aromatic carbocycles. The lowest BCUT2D eigenvalue weighted by atomic mass is 10.0. The number of rotatable bonds is 5. The van der Waals surface area contributed by atoms with Crippen LogP contribution in [0.5, 0.6) is 0 Å². The lowest BCUT2D eigenvalue weighted by molar-refractivity contribution is -0.131. The summed E-state index contributed by atoms with van der Waals surface area (Å²) < 4.78 is 0. The fourth-order valence-corrected chi connectivity index (χ4v) is 3.69. The summed E-state index contributed by atoms with van der Waals surface area (Å²) in [5, 5.41) is 2.94. The number of carbonyl (C=O) groups is 3. The van der Waals surface area contributed by atoms with Crippen LogP contribution in [0, 0.1) is 0 Å². The maximum absolute atomic E-state index is 12.5. The third-order valence-electron chi connectivity index (χ3n) is 5.75. The molecule has 0 unspecified atom stereocenters. The van der Waals surface area contributed by atoms with Gasteiger partial charge in [0.1, 0.15) is 0 Å². The summed E-state index contributed by atoms with van der Waals surface area (Å²) in [6.07, 6.45) is 3.77. The van der Waals surface area contributed by atoms with Crippen molar-refractivity contribution in [2.24, 2.45) is 0 Å². The number of nitrogens with zero attached hydrogens (tertiary/aromatic N) is 3. The quantitative estimate of drug-likeness (QED) is 0.846. The number of hydrogen-bond acceptors (Lipinski definition) is 3. The standard InChI is InChI=1S/C21H30N4O3/c1-15(26)23(3)19-10-12-24(13-11-19)21(28)22-18-6-4-17(5-7-18)14-25(16(2)27)20-8-9-20/h4-7,19-20H,8-14H2,1-3H3,(H,22,28). The van der Waals surface area contributed by atoms with Crippen LogP contribution >= 0.6 is 0 Å². The van der Waals surface area contributed by atoms with Gasteiger partial charge in [0.2, 0.25) is 11.8 Å². The van der Waals surface area contributed by atoms with Crippen molar-refractivity contribution < 1.29 is 14.4 Å². The number of anilines is 1. The van der Waals surface area contributed by atoms with Gasteiger partial charge >= 0.3 is 6.03 Å². The largest absolute Gasteiger partial charge is 0.343 e. The third kappa shape index (κ3) is 5.03. The van der Waals surface area contributed by atoms with Crippen molar-refractivity contribution >= 4 is 23.5 Å². The number of nitrogens with one attached hydrogen (secondary N) is 1. The molecule has 7 nitrogen and oxygen atoms in total. The number of benzene rings is 1. The Hall–Kier alpha value is -2.57. The topological polar surface area (TPSA) is 73.0 Å². The van der Waals surface area contributed by atoms with Gasteiger partial charge in [0, 0.05) is 58.3 Å². The molecule has 1 aromatic rings. The van der Waals surface area contributed by atoms with E-state index in [1.54, 1.807) is 23.6 Å². The zero-order valence-corrected chi connectivity index (χ0v) is 17.0. The van der Waals surface area contributed by atoms with Crippen LogP contribution < -0.4 is 5.32 Å². The molecule has 1 saturated carbocycles. The van der Waals surface area contributed by atoms with Gasteiger partial charge < -0.3 is 20.0 Å². The molecule has 1 aliphatic heterocycles. The molecule has 1 saturated heterocycles. The Labute approximate surface area is 166 Å². The molecule has 3 rings (SSSR count). The van der Waals surface area contributed by atoms with Crippen molar-refractivity contribution in [3.63, 3.8) is 0 Å². The van der Waals surface area contributed by atoms with E-state index in [2.05, 4.69) is 5.32 Å². The van der Waals surface area contributed by atoms with E-state index in [9.17, 15) is 14.4 Å². The summed E-state index contributed by atoms with van der Waals surface area (Å²) >= 11 is 0. The van der Waals surface area contributed by atoms with Crippen LogP contribution in [0.3, 0.4) is 0 Å². The maximum Gasteiger partial charge on any atom is 0.321 e. The highest BCUT2D eigenvalue weighted by molar-refractivity contribution is 5.89. The van der Waals surface area contributed by atoms with E-state index in [-0.39, 0.29) is 23.9 Å². The lowest BCUT2D eigenvalue weighted by Crippen LogP contribution is -2.47. The molecule has 1 N–H and O–H groups in total. The smallest absolute Gasteiger partial charge is 0.321 e. The fourth-order valence-electron chi connectivity index (χ4n) is 3.69. The first-order valence-electron chi connectivity index (χ1n) is 10.0. The molecule has 0 radical (unpaired) electrons. The van der Waals surface area contributed by atoms with Gasteiger partial charge in [-0.15, -0.1) is 0 Å². The van der Waals surface area contributed by atoms with E-state index in [0.29, 0.717) is 25.7 Å². The normalized spacial score (nSPS) is 17.2. The Kier molecular flexibility index (Phi) is 6.21. The number of piperidine rings is 1. The average molecular weight is 386 g/mol. The molecule has 1 aliphatic carbocycles. The summed E-state index contributed by atoms with van der Waals surface area (Å²) in [4.78, 5) is 41.2. The average Bonchev–Trinajstić information content (AvgIpc) is 3.51. The molecule has 0 atom stereocenters. The predicted octanol–water partition coefficient (Wildman–Crippen LogP) is 2.67. The minimum absolute atomic E-state index is 0.0630. The first-order valence-corrected chi connectivity index (χ1v) is 10.0. The SMILES string of the molecule is CC(=O)N(C)C1CCN(C(=O)Nc2ccc(CN(C(C)=O)C3CC3)cc2)CC1. The van der Waals surface area contributed by atoms with Crippen molar-refractivity contribution in [1.29, 1.82) is 0 Å². The lowest BCUT2D eigenvalue weighted by Gasteiger charge is -2.36. The van der Waals surface area contributed by atoms with Gasteiger partial charge in [0.05, 0.1) is 0 Å². The van der Waals surface area contributed by atoms with Crippen LogP contribution in [0.15, 0.2) is 24.3 Å². The highest BCUT2D eigenvalue weighted by Gasteiger charge is 2.30. The monoisotopic (exact) mass is 386 g/mol. The van der Waals surface area contributed by atoms with Crippen LogP contribution in [0.2, 0.25) is 0 Å². The van der Waals surface area contributed by atoms with E-state index >= 15 is 0 Å². The second kappa shape index (κ2) is 8.63. The predicted molar refractivity (Wildman–Crippen MR) is 108 cm³/mol. The van der Waals surface area contributed by atoms with E-state index in [0.717, 1.165) is 36.9 Å². The second-order valence-electron chi connectivity index (χ2n) is 7.85. The van der Waals surface area contributed by atoms with Crippen LogP contribution in [-0.4, -0.2) is 64.8 Å². The zero-order chi connectivity index (χ0) is 20.3. The molecule has 1 heterocycles. The molecule has 7 heteroatoms. The number of hydrogen-bond donors (Lipinski definition) is 1. The Morgan fingerprint density at radius 2 is 1.57 bits per heavy atom. The van der Waals surface area contributed by atoms with Gasteiger partial charge in [-0.3, -0.25) is 9.59 Å². The zero-order valence-electron chi connectivity index (χ0n) is 17.0. The van der Waals surface area contributed by atoms with Gasteiger partial charge in [-0.05, 0) is 43.4 Å². The molecule has 0 bridgehead atoms. The molecule has 152 valence electrons. The van der Waals surface area contributed by atoms with E-state index in [1.165, 1.54) is 0 Å². The van der Waals surface area contributed by atoms with Gasteiger partial charge in [0.25, 0.3) is 0 Å². The summed E-state index contributed by atoms with van der Waals surface area (Å²) in [6.45, 7) is 5.08. The number of likely N-dealkylation sites (tertiary alicyclic amines) is 1. The summed E-state index contributed by atoms with van der Waals surface area (Å²) in [5.74, 6) is 0.173. The Balaban J connectivity index is 1.49. The highest BCUT2D eigenvalue weighted by atomic mass is 16.2. The van der Waals surface area contributed by atoms with Crippen LogP contribution in [0.1, 0.15) is 45.1 Å². The molecular weight excluding hydrogens is 356 g/mol. The fraction of sp³-hybridized carbons (Fsp3) is 0.571. The summed E-state index contributed by atoms with van der Waals surface area (Å²) in [5.41, 5.74) is 1.81. The maximum atomic E-state index is 12.5. The first kappa shape index (κ1) is 20.2. The van der Waals surface area contributed by atoms with Crippen molar-refractivity contribution in [3.05, 3.63) is 29.8 Å². The second-order valence-corrected chi connectivity index (χ2v) is 7.85. The summed E-state index contributed by atoms with van der Waals surface area (Å²) in [7, 11) is 1.82. The van der Waals surface area contributed by atoms with E-state index < -0.39 is 0 Å². The van der Waals surface area contributed by atoms with Crippen LogP contribution in [0.4, 0.5) is 10.5 Å². The molecule has 0 spiro atoms. The van der Waals surface area contributed by atoms with Gasteiger partial charge in [-0.1, -0.05) is 12.1 Å². The Morgan fingerprint density at radius 1 is 0.964 bits per heavy atom. The minimum atomic E-state index is -0.111. The molecule has 28 heavy (non-hydrogen) atoms. The molecular formula is C21H30N4O3. The molecule has 0 aromatic heterocycles. The molecule has 2 fully saturated rings.